The first kappa shape index (κ1) is 11.5. The zero-order valence-electron chi connectivity index (χ0n) is 7.84. The Kier molecular flexibility index (Phi) is 2.99. The Balaban J connectivity index is 2.48. The molecule has 2 amide bonds. The lowest BCUT2D eigenvalue weighted by molar-refractivity contribution is -0.125. The van der Waals surface area contributed by atoms with Crippen LogP contribution in [0, 0.1) is 5.82 Å². The highest BCUT2D eigenvalue weighted by Crippen LogP contribution is 2.32. The standard InChI is InChI=1S/C10H6BrClFNO2/c11-8-7(9(15)14-10(8)16)5-3-4(12)1-2-6(5)13/h1-3,7-8H,(H,14,15,16). The molecule has 16 heavy (non-hydrogen) atoms. The number of carbonyl (C=O) groups is 2. The van der Waals surface area contributed by atoms with Gasteiger partial charge in [-0.15, -0.1) is 0 Å². The van der Waals surface area contributed by atoms with Gasteiger partial charge < -0.3 is 0 Å². The van der Waals surface area contributed by atoms with Gasteiger partial charge in [0.05, 0.1) is 5.92 Å². The summed E-state index contributed by atoms with van der Waals surface area (Å²) in [6, 6.07) is 3.92. The summed E-state index contributed by atoms with van der Waals surface area (Å²) in [5.41, 5.74) is 0.123. The third-order valence-electron chi connectivity index (χ3n) is 2.37. The van der Waals surface area contributed by atoms with E-state index in [0.717, 1.165) is 0 Å². The van der Waals surface area contributed by atoms with Crippen molar-refractivity contribution >= 4 is 39.3 Å². The molecule has 2 unspecified atom stereocenters. The zero-order chi connectivity index (χ0) is 11.9. The molecule has 0 spiro atoms. The number of hydrogen-bond acceptors (Lipinski definition) is 2. The van der Waals surface area contributed by atoms with E-state index in [0.29, 0.717) is 5.02 Å². The second kappa shape index (κ2) is 4.14. The molecule has 0 radical (unpaired) electrons. The van der Waals surface area contributed by atoms with E-state index >= 15 is 0 Å². The fraction of sp³-hybridized carbons (Fsp3) is 0.200. The van der Waals surface area contributed by atoms with Crippen molar-refractivity contribution in [2.45, 2.75) is 10.7 Å². The lowest BCUT2D eigenvalue weighted by Crippen LogP contribution is -2.22. The summed E-state index contributed by atoms with van der Waals surface area (Å²) in [4.78, 5) is 22.0. The molecule has 1 fully saturated rings. The summed E-state index contributed by atoms with van der Waals surface area (Å²) in [5, 5.41) is 2.45. The van der Waals surface area contributed by atoms with Crippen molar-refractivity contribution in [1.29, 1.82) is 0 Å². The van der Waals surface area contributed by atoms with E-state index in [9.17, 15) is 14.0 Å². The summed E-state index contributed by atoms with van der Waals surface area (Å²) < 4.78 is 13.5. The van der Waals surface area contributed by atoms with Crippen molar-refractivity contribution in [2.75, 3.05) is 0 Å². The fourth-order valence-corrected chi connectivity index (χ4v) is 2.42. The van der Waals surface area contributed by atoms with Crippen molar-refractivity contribution in [2.24, 2.45) is 0 Å². The third kappa shape index (κ3) is 1.85. The average Bonchev–Trinajstić information content (AvgIpc) is 2.46. The molecule has 3 nitrogen and oxygen atoms in total. The summed E-state index contributed by atoms with van der Waals surface area (Å²) in [5.74, 6) is -2.41. The maximum absolute atomic E-state index is 13.5. The van der Waals surface area contributed by atoms with Crippen LogP contribution in [-0.2, 0) is 9.59 Å². The third-order valence-corrected chi connectivity index (χ3v) is 3.54. The molecule has 0 aromatic heterocycles. The van der Waals surface area contributed by atoms with E-state index in [-0.39, 0.29) is 5.56 Å². The van der Waals surface area contributed by atoms with Crippen LogP contribution < -0.4 is 5.32 Å². The quantitative estimate of drug-likeness (QED) is 0.637. The second-order valence-corrected chi connectivity index (χ2v) is 4.82. The van der Waals surface area contributed by atoms with Gasteiger partial charge in [-0.25, -0.2) is 4.39 Å². The summed E-state index contributed by atoms with van der Waals surface area (Å²) in [6.45, 7) is 0. The summed E-state index contributed by atoms with van der Waals surface area (Å²) >= 11 is 8.79. The van der Waals surface area contributed by atoms with E-state index in [2.05, 4.69) is 21.2 Å². The molecule has 0 aliphatic carbocycles. The number of carbonyl (C=O) groups excluding carboxylic acids is 2. The number of amides is 2. The fourth-order valence-electron chi connectivity index (χ4n) is 1.60. The molecule has 1 aliphatic rings. The number of benzene rings is 1. The first-order valence-corrected chi connectivity index (χ1v) is 5.74. The average molecular weight is 307 g/mol. The Labute approximate surface area is 104 Å². The summed E-state index contributed by atoms with van der Waals surface area (Å²) in [6.07, 6.45) is 0. The van der Waals surface area contributed by atoms with E-state index in [1.807, 2.05) is 0 Å². The van der Waals surface area contributed by atoms with Crippen LogP contribution in [-0.4, -0.2) is 16.6 Å². The summed E-state index contributed by atoms with van der Waals surface area (Å²) in [7, 11) is 0. The number of imide groups is 1. The molecule has 1 saturated heterocycles. The second-order valence-electron chi connectivity index (χ2n) is 3.40. The Hall–Kier alpha value is -0.940. The van der Waals surface area contributed by atoms with Gasteiger partial charge in [-0.2, -0.15) is 0 Å². The van der Waals surface area contributed by atoms with Gasteiger partial charge in [0.2, 0.25) is 11.8 Å². The van der Waals surface area contributed by atoms with Gasteiger partial charge in [-0.3, -0.25) is 14.9 Å². The molecule has 2 rings (SSSR count). The van der Waals surface area contributed by atoms with Crippen LogP contribution in [0.25, 0.3) is 0 Å². The van der Waals surface area contributed by atoms with Crippen LogP contribution in [0.1, 0.15) is 11.5 Å². The Morgan fingerprint density at radius 2 is 2.00 bits per heavy atom. The van der Waals surface area contributed by atoms with Gasteiger partial charge in [0.1, 0.15) is 10.6 Å². The molecule has 1 aromatic carbocycles. The topological polar surface area (TPSA) is 46.2 Å². The molecule has 6 heteroatoms. The highest BCUT2D eigenvalue weighted by Gasteiger charge is 2.42. The number of nitrogens with one attached hydrogen (secondary N) is 1. The van der Waals surface area contributed by atoms with Crippen LogP contribution >= 0.6 is 27.5 Å². The number of halogens is 3. The molecule has 84 valence electrons. The highest BCUT2D eigenvalue weighted by atomic mass is 79.9. The zero-order valence-corrected chi connectivity index (χ0v) is 10.2. The molecule has 1 aliphatic heterocycles. The number of alkyl halides is 1. The monoisotopic (exact) mass is 305 g/mol. The van der Waals surface area contributed by atoms with Crippen LogP contribution in [0.5, 0.6) is 0 Å². The van der Waals surface area contributed by atoms with Gasteiger partial charge in [-0.1, -0.05) is 27.5 Å². The minimum absolute atomic E-state index is 0.123. The molecular weight excluding hydrogens is 300 g/mol. The van der Waals surface area contributed by atoms with Crippen LogP contribution in [0.3, 0.4) is 0 Å². The van der Waals surface area contributed by atoms with Gasteiger partial charge in [0.15, 0.2) is 0 Å². The highest BCUT2D eigenvalue weighted by molar-refractivity contribution is 9.10. The predicted molar refractivity (Wildman–Crippen MR) is 60.0 cm³/mol. The smallest absolute Gasteiger partial charge is 0.241 e. The largest absolute Gasteiger partial charge is 0.295 e. The van der Waals surface area contributed by atoms with Crippen LogP contribution in [0.4, 0.5) is 4.39 Å². The molecule has 0 bridgehead atoms. The SMILES string of the molecule is O=C1NC(=O)C(c2cc(Cl)ccc2F)C1Br. The Morgan fingerprint density at radius 3 is 2.56 bits per heavy atom. The molecular formula is C10H6BrClFNO2. The van der Waals surface area contributed by atoms with Gasteiger partial charge in [0.25, 0.3) is 0 Å². The van der Waals surface area contributed by atoms with Gasteiger partial charge >= 0.3 is 0 Å². The van der Waals surface area contributed by atoms with Crippen LogP contribution in [0.2, 0.25) is 5.02 Å². The Bertz CT molecular complexity index is 480. The van der Waals surface area contributed by atoms with Crippen molar-refractivity contribution in [3.8, 4) is 0 Å². The molecule has 0 saturated carbocycles. The van der Waals surface area contributed by atoms with E-state index in [1.54, 1.807) is 0 Å². The van der Waals surface area contributed by atoms with Crippen molar-refractivity contribution < 1.29 is 14.0 Å². The normalized spacial score (nSPS) is 24.7. The van der Waals surface area contributed by atoms with Gasteiger partial charge in [-0.05, 0) is 18.2 Å². The van der Waals surface area contributed by atoms with Gasteiger partial charge in [0, 0.05) is 10.6 Å². The van der Waals surface area contributed by atoms with E-state index < -0.39 is 28.4 Å². The lowest BCUT2D eigenvalue weighted by atomic mass is 9.97. The number of rotatable bonds is 1. The van der Waals surface area contributed by atoms with Crippen molar-refractivity contribution in [1.82, 2.24) is 5.32 Å². The Morgan fingerprint density at radius 1 is 1.31 bits per heavy atom. The minimum atomic E-state index is -0.869. The number of hydrogen-bond donors (Lipinski definition) is 1. The van der Waals surface area contributed by atoms with Crippen molar-refractivity contribution in [3.63, 3.8) is 0 Å². The molecule has 2 atom stereocenters. The van der Waals surface area contributed by atoms with Crippen LogP contribution in [0.15, 0.2) is 18.2 Å². The molecule has 1 aromatic rings. The van der Waals surface area contributed by atoms with E-state index in [1.165, 1.54) is 18.2 Å². The van der Waals surface area contributed by atoms with E-state index in [4.69, 9.17) is 11.6 Å². The lowest BCUT2D eigenvalue weighted by Gasteiger charge is -2.11. The maximum Gasteiger partial charge on any atom is 0.241 e. The first-order chi connectivity index (χ1) is 7.50. The maximum atomic E-state index is 13.5. The minimum Gasteiger partial charge on any atom is -0.295 e. The molecule has 1 N–H and O–H groups in total. The first-order valence-electron chi connectivity index (χ1n) is 4.44. The van der Waals surface area contributed by atoms with Crippen molar-refractivity contribution in [3.05, 3.63) is 34.6 Å². The predicted octanol–water partition coefficient (Wildman–Crippen LogP) is 1.98. The molecule has 1 heterocycles.